The van der Waals surface area contributed by atoms with Gasteiger partial charge in [0.1, 0.15) is 0 Å². The quantitative estimate of drug-likeness (QED) is 0.588. The summed E-state index contributed by atoms with van der Waals surface area (Å²) in [6, 6.07) is 15.1. The summed E-state index contributed by atoms with van der Waals surface area (Å²) in [7, 11) is 0. The second-order valence-corrected chi connectivity index (χ2v) is 6.60. The molecule has 0 spiro atoms. The van der Waals surface area contributed by atoms with Gasteiger partial charge in [-0.15, -0.1) is 0 Å². The summed E-state index contributed by atoms with van der Waals surface area (Å²) < 4.78 is 0. The van der Waals surface area contributed by atoms with Crippen molar-refractivity contribution in [1.82, 2.24) is 0 Å². The zero-order valence-electron chi connectivity index (χ0n) is 18.1. The van der Waals surface area contributed by atoms with Gasteiger partial charge in [0.25, 0.3) is 0 Å². The SMILES string of the molecule is CC.CCC.CCN.CCNc1ccccc1Sc1ccc(C)cc1C. The molecular weight excluding hydrogens is 336 g/mol. The minimum absolute atomic E-state index is 0.750. The van der Waals surface area contributed by atoms with Crippen LogP contribution in [-0.4, -0.2) is 13.1 Å². The molecule has 0 saturated carbocycles. The number of rotatable bonds is 4. The first-order chi connectivity index (χ1) is 12.5. The molecule has 2 rings (SSSR count). The number of anilines is 1. The van der Waals surface area contributed by atoms with Gasteiger partial charge in [0.05, 0.1) is 0 Å². The van der Waals surface area contributed by atoms with E-state index in [9.17, 15) is 0 Å². The van der Waals surface area contributed by atoms with Crippen molar-refractivity contribution in [3.63, 3.8) is 0 Å². The molecule has 2 nitrogen and oxygen atoms in total. The molecule has 0 fully saturated rings. The average molecular weight is 377 g/mol. The fourth-order valence-electron chi connectivity index (χ4n) is 1.92. The van der Waals surface area contributed by atoms with E-state index in [2.05, 4.69) is 82.4 Å². The van der Waals surface area contributed by atoms with E-state index >= 15 is 0 Å². The molecule has 3 N–H and O–H groups in total. The van der Waals surface area contributed by atoms with Gasteiger partial charge >= 0.3 is 0 Å². The summed E-state index contributed by atoms with van der Waals surface area (Å²) in [6.45, 7) is 18.3. The zero-order chi connectivity index (χ0) is 20.4. The third-order valence-electron chi connectivity index (χ3n) is 2.80. The second-order valence-electron chi connectivity index (χ2n) is 5.51. The maximum Gasteiger partial charge on any atom is 0.0481 e. The number of nitrogens with one attached hydrogen (secondary N) is 1. The molecule has 2 aromatic rings. The minimum atomic E-state index is 0.750. The topological polar surface area (TPSA) is 38.0 Å². The van der Waals surface area contributed by atoms with Crippen molar-refractivity contribution in [2.24, 2.45) is 5.73 Å². The molecule has 0 atom stereocenters. The molecule has 0 aliphatic carbocycles. The van der Waals surface area contributed by atoms with Crippen LogP contribution in [0.3, 0.4) is 0 Å². The van der Waals surface area contributed by atoms with Gasteiger partial charge < -0.3 is 11.1 Å². The normalized spacial score (nSPS) is 8.81. The van der Waals surface area contributed by atoms with Crippen LogP contribution in [0.25, 0.3) is 0 Å². The molecule has 0 amide bonds. The van der Waals surface area contributed by atoms with Crippen LogP contribution >= 0.6 is 11.8 Å². The van der Waals surface area contributed by atoms with Crippen LogP contribution in [0.15, 0.2) is 52.3 Å². The first-order valence-corrected chi connectivity index (χ1v) is 10.6. The molecule has 0 heterocycles. The van der Waals surface area contributed by atoms with Crippen molar-refractivity contribution in [2.75, 3.05) is 18.4 Å². The highest BCUT2D eigenvalue weighted by atomic mass is 32.2. The van der Waals surface area contributed by atoms with Crippen molar-refractivity contribution in [1.29, 1.82) is 0 Å². The number of hydrogen-bond acceptors (Lipinski definition) is 3. The molecule has 2 aromatic carbocycles. The molecule has 0 unspecified atom stereocenters. The van der Waals surface area contributed by atoms with Gasteiger partial charge in [-0.2, -0.15) is 0 Å². The van der Waals surface area contributed by atoms with E-state index in [1.54, 1.807) is 0 Å². The maximum absolute atomic E-state index is 4.85. The molecule has 26 heavy (non-hydrogen) atoms. The van der Waals surface area contributed by atoms with Crippen LogP contribution in [0.5, 0.6) is 0 Å². The van der Waals surface area contributed by atoms with E-state index in [0.717, 1.165) is 13.1 Å². The minimum Gasteiger partial charge on any atom is -0.384 e. The number of nitrogens with two attached hydrogens (primary N) is 1. The van der Waals surface area contributed by atoms with Gasteiger partial charge in [-0.25, -0.2) is 0 Å². The predicted octanol–water partition coefficient (Wildman–Crippen LogP) is 7.29. The number of aryl methyl sites for hydroxylation is 2. The molecule has 0 radical (unpaired) electrons. The number of para-hydroxylation sites is 1. The van der Waals surface area contributed by atoms with Crippen LogP contribution < -0.4 is 11.1 Å². The highest BCUT2D eigenvalue weighted by molar-refractivity contribution is 7.99. The Bertz CT molecular complexity index is 566. The Balaban J connectivity index is 0. The van der Waals surface area contributed by atoms with Gasteiger partial charge in [-0.05, 0) is 51.1 Å². The third-order valence-corrected chi connectivity index (χ3v) is 4.06. The van der Waals surface area contributed by atoms with Crippen LogP contribution in [0.4, 0.5) is 5.69 Å². The Kier molecular flexibility index (Phi) is 18.9. The molecule has 3 heteroatoms. The lowest BCUT2D eigenvalue weighted by Crippen LogP contribution is -1.97. The molecule has 0 aliphatic heterocycles. The van der Waals surface area contributed by atoms with Crippen molar-refractivity contribution in [3.8, 4) is 0 Å². The summed E-state index contributed by atoms with van der Waals surface area (Å²) in [5, 5.41) is 3.41. The third kappa shape index (κ3) is 12.0. The molecule has 0 aliphatic rings. The molecule has 0 saturated heterocycles. The first-order valence-electron chi connectivity index (χ1n) is 9.81. The highest BCUT2D eigenvalue weighted by Crippen LogP contribution is 2.35. The van der Waals surface area contributed by atoms with Crippen LogP contribution in [0.2, 0.25) is 0 Å². The molecule has 0 bridgehead atoms. The lowest BCUT2D eigenvalue weighted by atomic mass is 10.2. The lowest BCUT2D eigenvalue weighted by Gasteiger charge is -2.11. The molecule has 148 valence electrons. The lowest BCUT2D eigenvalue weighted by molar-refractivity contribution is 1.09. The highest BCUT2D eigenvalue weighted by Gasteiger charge is 2.05. The fraction of sp³-hybridized carbons (Fsp3) is 0.478. The Labute approximate surface area is 167 Å². The largest absolute Gasteiger partial charge is 0.384 e. The van der Waals surface area contributed by atoms with E-state index in [4.69, 9.17) is 5.73 Å². The standard InChI is InChI=1S/C16H19NS.C3H8.C2H7N.C2H6/c1-4-17-14-7-5-6-8-16(14)18-15-10-9-12(2)11-13(15)3;1-3-2;1-2-3;1-2/h5-11,17H,4H2,1-3H3;3H2,1-2H3;2-3H2,1H3;1-2H3. The summed E-state index contributed by atoms with van der Waals surface area (Å²) in [5.41, 5.74) is 8.72. The second kappa shape index (κ2) is 18.3. The Morgan fingerprint density at radius 1 is 0.885 bits per heavy atom. The van der Waals surface area contributed by atoms with E-state index in [1.807, 2.05) is 32.5 Å². The van der Waals surface area contributed by atoms with Gasteiger partial charge in [0, 0.05) is 22.0 Å². The Hall–Kier alpha value is -1.45. The van der Waals surface area contributed by atoms with Crippen LogP contribution in [-0.2, 0) is 0 Å². The van der Waals surface area contributed by atoms with Gasteiger partial charge in [-0.1, -0.05) is 82.6 Å². The van der Waals surface area contributed by atoms with Gasteiger partial charge in [0.2, 0.25) is 0 Å². The maximum atomic E-state index is 4.85. The number of benzene rings is 2. The van der Waals surface area contributed by atoms with Crippen LogP contribution in [0, 0.1) is 13.8 Å². The summed E-state index contributed by atoms with van der Waals surface area (Å²) in [5.74, 6) is 0. The first kappa shape index (κ1) is 26.8. The number of hydrogen-bond donors (Lipinski definition) is 2. The van der Waals surface area contributed by atoms with E-state index in [-0.39, 0.29) is 0 Å². The summed E-state index contributed by atoms with van der Waals surface area (Å²) in [4.78, 5) is 2.61. The summed E-state index contributed by atoms with van der Waals surface area (Å²) in [6.07, 6.45) is 1.25. The van der Waals surface area contributed by atoms with Crippen LogP contribution in [0.1, 0.15) is 59.1 Å². The van der Waals surface area contributed by atoms with Gasteiger partial charge in [0.15, 0.2) is 0 Å². The molecular formula is C23H40N2S. The van der Waals surface area contributed by atoms with E-state index in [0.29, 0.717) is 0 Å². The van der Waals surface area contributed by atoms with Crippen molar-refractivity contribution >= 4 is 17.4 Å². The fourth-order valence-corrected chi connectivity index (χ4v) is 2.91. The van der Waals surface area contributed by atoms with E-state index < -0.39 is 0 Å². The van der Waals surface area contributed by atoms with Crippen molar-refractivity contribution in [3.05, 3.63) is 53.6 Å². The van der Waals surface area contributed by atoms with E-state index in [1.165, 1.54) is 33.0 Å². The Morgan fingerprint density at radius 2 is 1.42 bits per heavy atom. The zero-order valence-corrected chi connectivity index (χ0v) is 19.0. The smallest absolute Gasteiger partial charge is 0.0481 e. The average Bonchev–Trinajstić information content (AvgIpc) is 2.62. The van der Waals surface area contributed by atoms with Crippen molar-refractivity contribution < 1.29 is 0 Å². The van der Waals surface area contributed by atoms with Gasteiger partial charge in [-0.3, -0.25) is 0 Å². The predicted molar refractivity (Wildman–Crippen MR) is 123 cm³/mol. The monoisotopic (exact) mass is 376 g/mol. The van der Waals surface area contributed by atoms with Crippen molar-refractivity contribution in [2.45, 2.75) is 71.6 Å². The molecule has 0 aromatic heterocycles. The summed E-state index contributed by atoms with van der Waals surface area (Å²) >= 11 is 1.83. The Morgan fingerprint density at radius 3 is 1.92 bits per heavy atom.